The molecule has 5 heteroatoms. The third kappa shape index (κ3) is 3.92. The molecule has 1 aromatic carbocycles. The van der Waals surface area contributed by atoms with E-state index in [0.29, 0.717) is 6.54 Å². The van der Waals surface area contributed by atoms with Gasteiger partial charge in [-0.2, -0.15) is 0 Å². The van der Waals surface area contributed by atoms with Crippen molar-refractivity contribution in [2.45, 2.75) is 25.3 Å². The molecule has 1 aliphatic heterocycles. The number of methoxy groups -OCH3 is 1. The Morgan fingerprint density at radius 2 is 2.11 bits per heavy atom. The van der Waals surface area contributed by atoms with Gasteiger partial charge in [-0.1, -0.05) is 22.4 Å². The second-order valence-corrected chi connectivity index (χ2v) is 5.77. The van der Waals surface area contributed by atoms with Crippen molar-refractivity contribution in [2.75, 3.05) is 26.7 Å². The van der Waals surface area contributed by atoms with Crippen LogP contribution in [0.15, 0.2) is 22.7 Å². The van der Waals surface area contributed by atoms with Gasteiger partial charge in [-0.3, -0.25) is 0 Å². The molecule has 106 valence electrons. The van der Waals surface area contributed by atoms with Crippen molar-refractivity contribution in [1.29, 1.82) is 0 Å². The number of hydrazine groups is 1. The zero-order valence-corrected chi connectivity index (χ0v) is 12.9. The summed E-state index contributed by atoms with van der Waals surface area (Å²) in [5.41, 5.74) is 10.6. The third-order valence-corrected chi connectivity index (χ3v) is 3.99. The number of hydrogen-bond acceptors (Lipinski definition) is 4. The summed E-state index contributed by atoms with van der Waals surface area (Å²) < 4.78 is 6.48. The average Bonchev–Trinajstić information content (AvgIpc) is 2.46. The molecule has 3 N–H and O–H groups in total. The summed E-state index contributed by atoms with van der Waals surface area (Å²) in [7, 11) is 1.70. The Balaban J connectivity index is 2.13. The summed E-state index contributed by atoms with van der Waals surface area (Å²) in [6, 6.07) is 6.12. The van der Waals surface area contributed by atoms with Gasteiger partial charge in [-0.15, -0.1) is 0 Å². The lowest BCUT2D eigenvalue weighted by Gasteiger charge is -2.32. The van der Waals surface area contributed by atoms with E-state index in [-0.39, 0.29) is 6.04 Å². The van der Waals surface area contributed by atoms with Crippen LogP contribution in [0.5, 0.6) is 5.75 Å². The molecule has 2 rings (SSSR count). The van der Waals surface area contributed by atoms with Crippen LogP contribution in [0.2, 0.25) is 0 Å². The van der Waals surface area contributed by atoms with Gasteiger partial charge >= 0.3 is 0 Å². The Labute approximate surface area is 123 Å². The standard InChI is InChI=1S/C14H22BrN3O/c1-19-14-6-5-11(15)9-12(14)13(10-16)17-18-7-3-2-4-8-18/h5-6,9,13,17H,2-4,7-8,10,16H2,1H3. The van der Waals surface area contributed by atoms with Crippen molar-refractivity contribution in [1.82, 2.24) is 10.4 Å². The third-order valence-electron chi connectivity index (χ3n) is 3.50. The van der Waals surface area contributed by atoms with Crippen LogP contribution in [0.1, 0.15) is 30.9 Å². The van der Waals surface area contributed by atoms with Crippen LogP contribution in [0, 0.1) is 0 Å². The van der Waals surface area contributed by atoms with E-state index >= 15 is 0 Å². The fourth-order valence-corrected chi connectivity index (χ4v) is 2.85. The molecule has 1 fully saturated rings. The van der Waals surface area contributed by atoms with Gasteiger partial charge < -0.3 is 10.5 Å². The molecule has 1 aromatic rings. The van der Waals surface area contributed by atoms with E-state index in [1.165, 1.54) is 19.3 Å². The van der Waals surface area contributed by atoms with E-state index in [9.17, 15) is 0 Å². The van der Waals surface area contributed by atoms with Gasteiger partial charge in [0, 0.05) is 29.7 Å². The lowest BCUT2D eigenvalue weighted by atomic mass is 10.1. The molecule has 0 spiro atoms. The molecule has 0 bridgehead atoms. The number of nitrogens with zero attached hydrogens (tertiary/aromatic N) is 1. The minimum atomic E-state index is 0.0885. The molecule has 1 saturated heterocycles. The van der Waals surface area contributed by atoms with Gasteiger partial charge in [0.05, 0.1) is 13.2 Å². The first-order valence-electron chi connectivity index (χ1n) is 6.79. The number of halogens is 1. The van der Waals surface area contributed by atoms with Gasteiger partial charge in [0.25, 0.3) is 0 Å². The molecule has 1 heterocycles. The smallest absolute Gasteiger partial charge is 0.123 e. The Morgan fingerprint density at radius 3 is 2.74 bits per heavy atom. The van der Waals surface area contributed by atoms with Crippen molar-refractivity contribution in [2.24, 2.45) is 5.73 Å². The summed E-state index contributed by atoms with van der Waals surface area (Å²) in [5, 5.41) is 2.28. The van der Waals surface area contributed by atoms with Crippen LogP contribution in [0.4, 0.5) is 0 Å². The van der Waals surface area contributed by atoms with E-state index in [1.807, 2.05) is 12.1 Å². The maximum Gasteiger partial charge on any atom is 0.123 e. The SMILES string of the molecule is COc1ccc(Br)cc1C(CN)NN1CCCCC1. The molecule has 0 saturated carbocycles. The lowest BCUT2D eigenvalue weighted by Crippen LogP contribution is -2.45. The van der Waals surface area contributed by atoms with Gasteiger partial charge in [0.2, 0.25) is 0 Å². The summed E-state index contributed by atoms with van der Waals surface area (Å²) in [5.74, 6) is 0.878. The highest BCUT2D eigenvalue weighted by molar-refractivity contribution is 9.10. The Hall–Kier alpha value is -0.620. The van der Waals surface area contributed by atoms with E-state index in [0.717, 1.165) is 28.9 Å². The van der Waals surface area contributed by atoms with Crippen molar-refractivity contribution in [3.05, 3.63) is 28.2 Å². The first-order valence-corrected chi connectivity index (χ1v) is 7.58. The van der Waals surface area contributed by atoms with Crippen molar-refractivity contribution >= 4 is 15.9 Å². The summed E-state index contributed by atoms with van der Waals surface area (Å²) >= 11 is 3.51. The number of hydrogen-bond donors (Lipinski definition) is 2. The molecule has 19 heavy (non-hydrogen) atoms. The fourth-order valence-electron chi connectivity index (χ4n) is 2.47. The van der Waals surface area contributed by atoms with E-state index in [1.54, 1.807) is 7.11 Å². The van der Waals surface area contributed by atoms with Crippen LogP contribution in [-0.4, -0.2) is 31.8 Å². The topological polar surface area (TPSA) is 50.5 Å². The number of nitrogens with two attached hydrogens (primary N) is 1. The average molecular weight is 328 g/mol. The summed E-state index contributed by atoms with van der Waals surface area (Å²) in [6.07, 6.45) is 3.82. The lowest BCUT2D eigenvalue weighted by molar-refractivity contribution is 0.129. The zero-order chi connectivity index (χ0) is 13.7. The van der Waals surface area contributed by atoms with Crippen molar-refractivity contribution < 1.29 is 4.74 Å². The number of rotatable bonds is 5. The Morgan fingerprint density at radius 1 is 1.37 bits per heavy atom. The Bertz CT molecular complexity index is 408. The van der Waals surface area contributed by atoms with Crippen LogP contribution >= 0.6 is 15.9 Å². The molecular formula is C14H22BrN3O. The highest BCUT2D eigenvalue weighted by Gasteiger charge is 2.19. The normalized spacial score (nSPS) is 18.3. The second kappa shape index (κ2) is 7.24. The molecule has 1 atom stereocenters. The van der Waals surface area contributed by atoms with Gasteiger partial charge in [0.1, 0.15) is 5.75 Å². The number of nitrogens with one attached hydrogen (secondary N) is 1. The number of benzene rings is 1. The molecule has 0 aromatic heterocycles. The highest BCUT2D eigenvalue weighted by Crippen LogP contribution is 2.28. The summed E-state index contributed by atoms with van der Waals surface area (Å²) in [6.45, 7) is 2.73. The quantitative estimate of drug-likeness (QED) is 0.872. The maximum absolute atomic E-state index is 5.94. The Kier molecular flexibility index (Phi) is 5.63. The molecule has 4 nitrogen and oxygen atoms in total. The first-order chi connectivity index (χ1) is 9.24. The van der Waals surface area contributed by atoms with Crippen LogP contribution in [0.3, 0.4) is 0 Å². The molecule has 0 aliphatic carbocycles. The number of piperidine rings is 1. The van der Waals surface area contributed by atoms with E-state index in [2.05, 4.69) is 32.4 Å². The van der Waals surface area contributed by atoms with Crippen LogP contribution in [-0.2, 0) is 0 Å². The fraction of sp³-hybridized carbons (Fsp3) is 0.571. The predicted octanol–water partition coefficient (Wildman–Crippen LogP) is 2.45. The molecule has 0 amide bonds. The zero-order valence-electron chi connectivity index (χ0n) is 11.4. The largest absolute Gasteiger partial charge is 0.496 e. The van der Waals surface area contributed by atoms with E-state index < -0.39 is 0 Å². The van der Waals surface area contributed by atoms with Crippen molar-refractivity contribution in [3.8, 4) is 5.75 Å². The second-order valence-electron chi connectivity index (χ2n) is 4.85. The summed E-state index contributed by atoms with van der Waals surface area (Å²) in [4.78, 5) is 0. The molecule has 0 radical (unpaired) electrons. The predicted molar refractivity (Wildman–Crippen MR) is 81.0 cm³/mol. The van der Waals surface area contributed by atoms with E-state index in [4.69, 9.17) is 10.5 Å². The minimum Gasteiger partial charge on any atom is -0.496 e. The number of ether oxygens (including phenoxy) is 1. The monoisotopic (exact) mass is 327 g/mol. The van der Waals surface area contributed by atoms with Gasteiger partial charge in [-0.25, -0.2) is 10.4 Å². The van der Waals surface area contributed by atoms with Gasteiger partial charge in [-0.05, 0) is 31.0 Å². The maximum atomic E-state index is 5.94. The van der Waals surface area contributed by atoms with Crippen LogP contribution in [0.25, 0.3) is 0 Å². The molecule has 1 unspecified atom stereocenters. The minimum absolute atomic E-state index is 0.0885. The molecule has 1 aliphatic rings. The first kappa shape index (κ1) is 14.8. The van der Waals surface area contributed by atoms with Gasteiger partial charge in [0.15, 0.2) is 0 Å². The molecular weight excluding hydrogens is 306 g/mol. The highest BCUT2D eigenvalue weighted by atomic mass is 79.9. The van der Waals surface area contributed by atoms with Crippen LogP contribution < -0.4 is 15.9 Å². The van der Waals surface area contributed by atoms with Crippen molar-refractivity contribution in [3.63, 3.8) is 0 Å².